The number of aromatic nitrogens is 2. The molecule has 0 unspecified atom stereocenters. The Labute approximate surface area is 106 Å². The number of rotatable bonds is 4. The van der Waals surface area contributed by atoms with Crippen molar-refractivity contribution in [2.24, 2.45) is 0 Å². The van der Waals surface area contributed by atoms with Crippen molar-refractivity contribution < 1.29 is 9.02 Å². The zero-order chi connectivity index (χ0) is 12.3. The molecule has 1 aromatic heterocycles. The number of halogens is 2. The predicted molar refractivity (Wildman–Crippen MR) is 63.7 cm³/mol. The molecule has 0 saturated carbocycles. The van der Waals surface area contributed by atoms with Gasteiger partial charge in [0.2, 0.25) is 0 Å². The fraction of sp³-hybridized carbons (Fsp3) is 0.273. The highest BCUT2D eigenvalue weighted by atomic mass is 79.9. The Morgan fingerprint density at radius 2 is 2.18 bits per heavy atom. The summed E-state index contributed by atoms with van der Waals surface area (Å²) >= 11 is 3.37. The zero-order valence-corrected chi connectivity index (χ0v) is 10.8. The van der Waals surface area contributed by atoms with Crippen molar-refractivity contribution in [3.63, 3.8) is 0 Å². The lowest BCUT2D eigenvalue weighted by molar-refractivity contribution is 0.300. The Morgan fingerprint density at radius 3 is 2.88 bits per heavy atom. The summed E-state index contributed by atoms with van der Waals surface area (Å²) in [6.07, 6.45) is 0. The number of nitrogens with zero attached hydrogens (tertiary/aromatic N) is 2. The fourth-order valence-electron chi connectivity index (χ4n) is 1.40. The topological polar surface area (TPSA) is 51.0 Å². The van der Waals surface area contributed by atoms with E-state index in [4.69, 9.17) is 0 Å². The van der Waals surface area contributed by atoms with Gasteiger partial charge in [-0.25, -0.2) is 9.02 Å². The third-order valence-corrected chi connectivity index (χ3v) is 3.14. The average molecular weight is 300 g/mol. The predicted octanol–water partition coefficient (Wildman–Crippen LogP) is 2.57. The summed E-state index contributed by atoms with van der Waals surface area (Å²) in [4.78, 5) is 0. The lowest BCUT2D eigenvalue weighted by Crippen LogP contribution is -2.14. The Balaban J connectivity index is 1.94. The van der Waals surface area contributed by atoms with E-state index < -0.39 is 0 Å². The smallest absolute Gasteiger partial charge is 0.123 e. The summed E-state index contributed by atoms with van der Waals surface area (Å²) < 4.78 is 18.5. The molecule has 0 aliphatic heterocycles. The minimum atomic E-state index is -0.246. The second-order valence-electron chi connectivity index (χ2n) is 3.64. The first-order chi connectivity index (χ1) is 8.16. The monoisotopic (exact) mass is 299 g/mol. The van der Waals surface area contributed by atoms with Gasteiger partial charge in [0.05, 0.1) is 0 Å². The standard InChI is InChI=1S/C11H11BrFN3O/c1-7-11(16-17-15-7)6-14-5-8-4-9(13)2-3-10(8)12/h2-4,14H,5-6H2,1H3. The number of nitrogens with one attached hydrogen (secondary N) is 1. The van der Waals surface area contributed by atoms with Gasteiger partial charge in [0, 0.05) is 17.6 Å². The third kappa shape index (κ3) is 3.10. The lowest BCUT2D eigenvalue weighted by atomic mass is 10.2. The van der Waals surface area contributed by atoms with E-state index in [9.17, 15) is 4.39 Å². The van der Waals surface area contributed by atoms with Gasteiger partial charge in [-0.05, 0) is 30.7 Å². The molecular weight excluding hydrogens is 289 g/mol. The van der Waals surface area contributed by atoms with Crippen LogP contribution >= 0.6 is 15.9 Å². The second kappa shape index (κ2) is 5.37. The van der Waals surface area contributed by atoms with Crippen LogP contribution < -0.4 is 5.32 Å². The Hall–Kier alpha value is -1.27. The van der Waals surface area contributed by atoms with Crippen LogP contribution in [0.15, 0.2) is 27.3 Å². The minimum absolute atomic E-state index is 0.246. The van der Waals surface area contributed by atoms with Gasteiger partial charge in [-0.2, -0.15) is 0 Å². The van der Waals surface area contributed by atoms with Gasteiger partial charge in [-0.1, -0.05) is 26.2 Å². The molecule has 0 aliphatic carbocycles. The molecule has 2 aromatic rings. The summed E-state index contributed by atoms with van der Waals surface area (Å²) in [7, 11) is 0. The number of benzene rings is 1. The van der Waals surface area contributed by atoms with E-state index in [0.717, 1.165) is 21.4 Å². The van der Waals surface area contributed by atoms with Gasteiger partial charge in [0.15, 0.2) is 0 Å². The molecule has 1 aromatic carbocycles. The van der Waals surface area contributed by atoms with Crippen molar-refractivity contribution in [3.05, 3.63) is 45.4 Å². The van der Waals surface area contributed by atoms with E-state index in [0.29, 0.717) is 13.1 Å². The Morgan fingerprint density at radius 1 is 1.35 bits per heavy atom. The number of aryl methyl sites for hydroxylation is 1. The lowest BCUT2D eigenvalue weighted by Gasteiger charge is -2.05. The maximum atomic E-state index is 13.0. The maximum absolute atomic E-state index is 13.0. The van der Waals surface area contributed by atoms with Crippen molar-refractivity contribution in [3.8, 4) is 0 Å². The first-order valence-electron chi connectivity index (χ1n) is 5.09. The molecule has 0 amide bonds. The van der Waals surface area contributed by atoms with E-state index in [1.54, 1.807) is 6.07 Å². The summed E-state index contributed by atoms with van der Waals surface area (Å²) in [5, 5.41) is 10.6. The summed E-state index contributed by atoms with van der Waals surface area (Å²) in [5.74, 6) is -0.246. The third-order valence-electron chi connectivity index (χ3n) is 2.36. The van der Waals surface area contributed by atoms with Crippen molar-refractivity contribution in [2.75, 3.05) is 0 Å². The van der Waals surface area contributed by atoms with Crippen molar-refractivity contribution >= 4 is 15.9 Å². The molecule has 0 aliphatic rings. The van der Waals surface area contributed by atoms with E-state index in [2.05, 4.69) is 36.2 Å². The van der Waals surface area contributed by atoms with Crippen LogP contribution in [0, 0.1) is 12.7 Å². The van der Waals surface area contributed by atoms with Gasteiger partial charge < -0.3 is 5.32 Å². The normalized spacial score (nSPS) is 10.8. The van der Waals surface area contributed by atoms with E-state index >= 15 is 0 Å². The van der Waals surface area contributed by atoms with E-state index in [1.165, 1.54) is 12.1 Å². The second-order valence-corrected chi connectivity index (χ2v) is 4.49. The van der Waals surface area contributed by atoms with Crippen molar-refractivity contribution in [2.45, 2.75) is 20.0 Å². The fourth-order valence-corrected chi connectivity index (χ4v) is 1.79. The maximum Gasteiger partial charge on any atom is 0.123 e. The van der Waals surface area contributed by atoms with Gasteiger partial charge in [0.1, 0.15) is 17.2 Å². The SMILES string of the molecule is Cc1nonc1CNCc1cc(F)ccc1Br. The van der Waals surface area contributed by atoms with Crippen LogP contribution in [0.5, 0.6) is 0 Å². The summed E-state index contributed by atoms with van der Waals surface area (Å²) in [6, 6.07) is 4.60. The molecule has 1 N–H and O–H groups in total. The first kappa shape index (κ1) is 12.2. The van der Waals surface area contributed by atoms with Gasteiger partial charge in [-0.3, -0.25) is 0 Å². The molecule has 0 saturated heterocycles. The van der Waals surface area contributed by atoms with E-state index in [1.807, 2.05) is 6.92 Å². The zero-order valence-electron chi connectivity index (χ0n) is 9.20. The largest absolute Gasteiger partial charge is 0.307 e. The van der Waals surface area contributed by atoms with Crippen LogP contribution in [-0.2, 0) is 13.1 Å². The molecule has 90 valence electrons. The number of hydrogen-bond acceptors (Lipinski definition) is 4. The van der Waals surface area contributed by atoms with Crippen molar-refractivity contribution in [1.29, 1.82) is 0 Å². The molecule has 6 heteroatoms. The molecule has 1 heterocycles. The van der Waals surface area contributed by atoms with Gasteiger partial charge >= 0.3 is 0 Å². The van der Waals surface area contributed by atoms with Crippen LogP contribution in [0.3, 0.4) is 0 Å². The highest BCUT2D eigenvalue weighted by Gasteiger charge is 2.05. The molecule has 0 bridgehead atoms. The molecular formula is C11H11BrFN3O. The molecule has 4 nitrogen and oxygen atoms in total. The first-order valence-corrected chi connectivity index (χ1v) is 5.89. The van der Waals surface area contributed by atoms with Crippen LogP contribution in [0.1, 0.15) is 17.0 Å². The molecule has 0 radical (unpaired) electrons. The molecule has 2 rings (SSSR count). The summed E-state index contributed by atoms with van der Waals surface area (Å²) in [5.41, 5.74) is 2.38. The van der Waals surface area contributed by atoms with Crippen LogP contribution in [-0.4, -0.2) is 10.3 Å². The molecule has 0 fully saturated rings. The highest BCUT2D eigenvalue weighted by Crippen LogP contribution is 2.17. The summed E-state index contributed by atoms with van der Waals surface area (Å²) in [6.45, 7) is 2.91. The van der Waals surface area contributed by atoms with Gasteiger partial charge in [-0.15, -0.1) is 0 Å². The quantitative estimate of drug-likeness (QED) is 0.943. The molecule has 0 atom stereocenters. The highest BCUT2D eigenvalue weighted by molar-refractivity contribution is 9.10. The van der Waals surface area contributed by atoms with E-state index in [-0.39, 0.29) is 5.82 Å². The van der Waals surface area contributed by atoms with Crippen molar-refractivity contribution in [1.82, 2.24) is 15.6 Å². The van der Waals surface area contributed by atoms with Crippen LogP contribution in [0.4, 0.5) is 4.39 Å². The average Bonchev–Trinajstić information content (AvgIpc) is 2.70. The van der Waals surface area contributed by atoms with Crippen LogP contribution in [0.2, 0.25) is 0 Å². The minimum Gasteiger partial charge on any atom is -0.307 e. The van der Waals surface area contributed by atoms with Gasteiger partial charge in [0.25, 0.3) is 0 Å². The number of hydrogen-bond donors (Lipinski definition) is 1. The molecule has 17 heavy (non-hydrogen) atoms. The molecule has 0 spiro atoms. The van der Waals surface area contributed by atoms with Crippen LogP contribution in [0.25, 0.3) is 0 Å². The Bertz CT molecular complexity index is 515. The Kier molecular flexibility index (Phi) is 3.86.